The molecule has 108 valence electrons. The third kappa shape index (κ3) is 2.29. The van der Waals surface area contributed by atoms with Crippen molar-refractivity contribution in [2.24, 2.45) is 0 Å². The Balaban J connectivity index is 3.06. The first kappa shape index (κ1) is 14.5. The molecule has 8 nitrogen and oxygen atoms in total. The monoisotopic (exact) mass is 320 g/mol. The molecule has 10 heteroatoms. The Bertz CT molecular complexity index is 912. The van der Waals surface area contributed by atoms with Crippen molar-refractivity contribution in [3.05, 3.63) is 24.3 Å². The first-order valence-corrected chi connectivity index (χ1v) is 7.84. The third-order valence-electron chi connectivity index (χ3n) is 2.59. The number of phenolic OH excluding ortho intramolecular Hbond substituents is 2. The Kier molecular flexibility index (Phi) is 3.13. The maximum Gasteiger partial charge on any atom is 0.301 e. The number of fused-ring (bicyclic) bond motifs is 1. The van der Waals surface area contributed by atoms with Crippen molar-refractivity contribution in [3.8, 4) is 11.5 Å². The van der Waals surface area contributed by atoms with E-state index in [-0.39, 0.29) is 10.8 Å². The molecular weight excluding hydrogens is 312 g/mol. The summed E-state index contributed by atoms with van der Waals surface area (Å²) in [5.74, 6) is -2.07. The molecule has 2 aromatic rings. The van der Waals surface area contributed by atoms with Gasteiger partial charge in [0.2, 0.25) is 0 Å². The van der Waals surface area contributed by atoms with Crippen LogP contribution in [-0.2, 0) is 20.2 Å². The average Bonchev–Trinajstić information content (AvgIpc) is 2.24. The zero-order valence-corrected chi connectivity index (χ0v) is 11.2. The Hall–Kier alpha value is -1.88. The second-order valence-corrected chi connectivity index (χ2v) is 6.62. The summed E-state index contributed by atoms with van der Waals surface area (Å²) in [6, 6.07) is 4.02. The van der Waals surface area contributed by atoms with E-state index in [1.807, 2.05) is 0 Å². The van der Waals surface area contributed by atoms with Gasteiger partial charge < -0.3 is 10.2 Å². The molecule has 0 aromatic heterocycles. The molecule has 0 aliphatic carbocycles. The van der Waals surface area contributed by atoms with Gasteiger partial charge in [0.05, 0.1) is 0 Å². The molecule has 0 bridgehead atoms. The number of phenols is 2. The van der Waals surface area contributed by atoms with Crippen molar-refractivity contribution in [1.29, 1.82) is 0 Å². The number of rotatable bonds is 2. The van der Waals surface area contributed by atoms with Crippen LogP contribution in [0.2, 0.25) is 0 Å². The second-order valence-electron chi connectivity index (χ2n) is 3.87. The molecule has 2 aromatic carbocycles. The topological polar surface area (TPSA) is 149 Å². The molecule has 0 aliphatic heterocycles. The van der Waals surface area contributed by atoms with Gasteiger partial charge in [-0.1, -0.05) is 12.1 Å². The molecule has 4 N–H and O–H groups in total. The van der Waals surface area contributed by atoms with Crippen molar-refractivity contribution < 1.29 is 36.2 Å². The lowest BCUT2D eigenvalue weighted by molar-refractivity contribution is 0.414. The Morgan fingerprint density at radius 2 is 1.45 bits per heavy atom. The molecule has 0 fully saturated rings. The van der Waals surface area contributed by atoms with E-state index in [0.717, 1.165) is 18.2 Å². The van der Waals surface area contributed by atoms with Gasteiger partial charge in [0.1, 0.15) is 16.4 Å². The number of hydrogen-bond acceptors (Lipinski definition) is 6. The van der Waals surface area contributed by atoms with Gasteiger partial charge in [-0.15, -0.1) is 0 Å². The normalized spacial score (nSPS) is 12.7. The van der Waals surface area contributed by atoms with Crippen LogP contribution in [0.4, 0.5) is 0 Å². The van der Waals surface area contributed by atoms with E-state index in [1.54, 1.807) is 0 Å². The molecule has 2 rings (SSSR count). The maximum absolute atomic E-state index is 11.2. The van der Waals surface area contributed by atoms with Crippen molar-refractivity contribution in [1.82, 2.24) is 0 Å². The maximum atomic E-state index is 11.2. The first-order chi connectivity index (χ1) is 9.03. The highest BCUT2D eigenvalue weighted by Crippen LogP contribution is 2.40. The molecular formula is C10H8O8S2. The summed E-state index contributed by atoms with van der Waals surface area (Å²) in [6.45, 7) is 0. The van der Waals surface area contributed by atoms with Crippen molar-refractivity contribution in [2.75, 3.05) is 0 Å². The number of aromatic hydroxyl groups is 2. The van der Waals surface area contributed by atoms with Gasteiger partial charge in [-0.05, 0) is 12.1 Å². The minimum atomic E-state index is -4.92. The summed E-state index contributed by atoms with van der Waals surface area (Å²) in [5, 5.41) is 18.8. The quantitative estimate of drug-likeness (QED) is 0.592. The fourth-order valence-corrected chi connectivity index (χ4v) is 3.20. The van der Waals surface area contributed by atoms with Crippen LogP contribution < -0.4 is 0 Å². The van der Waals surface area contributed by atoms with E-state index in [0.29, 0.717) is 6.07 Å². The summed E-state index contributed by atoms with van der Waals surface area (Å²) in [5.41, 5.74) is 0. The summed E-state index contributed by atoms with van der Waals surface area (Å²) < 4.78 is 62.5. The minimum Gasteiger partial charge on any atom is -0.506 e. The number of hydrogen-bond donors (Lipinski definition) is 4. The fourth-order valence-electron chi connectivity index (χ4n) is 1.82. The lowest BCUT2D eigenvalue weighted by Gasteiger charge is -2.10. The Labute approximate surface area is 113 Å². The standard InChI is InChI=1S/C10H8O8S2/c11-7-4-6-5(9(12)10(7)20(16,17)18)2-1-3-8(6)19(13,14)15/h1-4,11-12H,(H,13,14,15)(H,16,17,18). The summed E-state index contributed by atoms with van der Waals surface area (Å²) in [6.07, 6.45) is 0. The molecule has 0 unspecified atom stereocenters. The van der Waals surface area contributed by atoms with E-state index in [4.69, 9.17) is 9.11 Å². The zero-order valence-electron chi connectivity index (χ0n) is 9.55. The van der Waals surface area contributed by atoms with Crippen LogP contribution in [-0.4, -0.2) is 36.2 Å². The highest BCUT2D eigenvalue weighted by atomic mass is 32.2. The van der Waals surface area contributed by atoms with Crippen LogP contribution in [0, 0.1) is 0 Å². The summed E-state index contributed by atoms with van der Waals surface area (Å²) >= 11 is 0. The van der Waals surface area contributed by atoms with E-state index in [9.17, 15) is 27.0 Å². The Morgan fingerprint density at radius 1 is 0.850 bits per heavy atom. The van der Waals surface area contributed by atoms with Crippen LogP contribution >= 0.6 is 0 Å². The van der Waals surface area contributed by atoms with Crippen molar-refractivity contribution in [3.63, 3.8) is 0 Å². The van der Waals surface area contributed by atoms with Crippen LogP contribution in [0.15, 0.2) is 34.1 Å². The molecule has 0 saturated heterocycles. The van der Waals surface area contributed by atoms with Crippen LogP contribution in [0.25, 0.3) is 10.8 Å². The fraction of sp³-hybridized carbons (Fsp3) is 0. The van der Waals surface area contributed by atoms with Gasteiger partial charge in [-0.3, -0.25) is 9.11 Å². The molecule has 0 atom stereocenters. The second kappa shape index (κ2) is 4.31. The predicted octanol–water partition coefficient (Wildman–Crippen LogP) is 0.744. The van der Waals surface area contributed by atoms with Crippen LogP contribution in [0.1, 0.15) is 0 Å². The minimum absolute atomic E-state index is 0.273. The third-order valence-corrected chi connectivity index (χ3v) is 4.42. The van der Waals surface area contributed by atoms with Gasteiger partial charge in [0, 0.05) is 10.8 Å². The molecule has 0 saturated carbocycles. The molecule has 0 heterocycles. The van der Waals surface area contributed by atoms with Crippen LogP contribution in [0.5, 0.6) is 11.5 Å². The lowest BCUT2D eigenvalue weighted by atomic mass is 10.1. The van der Waals surface area contributed by atoms with E-state index in [1.165, 1.54) is 0 Å². The predicted molar refractivity (Wildman–Crippen MR) is 66.9 cm³/mol. The molecule has 0 aliphatic rings. The van der Waals surface area contributed by atoms with Crippen LogP contribution in [0.3, 0.4) is 0 Å². The largest absolute Gasteiger partial charge is 0.506 e. The molecule has 0 spiro atoms. The van der Waals surface area contributed by atoms with Gasteiger partial charge >= 0.3 is 10.1 Å². The van der Waals surface area contributed by atoms with E-state index >= 15 is 0 Å². The van der Waals surface area contributed by atoms with E-state index < -0.39 is 41.5 Å². The van der Waals surface area contributed by atoms with Gasteiger partial charge in [0.15, 0.2) is 4.90 Å². The summed E-state index contributed by atoms with van der Waals surface area (Å²) in [7, 11) is -9.56. The van der Waals surface area contributed by atoms with Crippen molar-refractivity contribution >= 4 is 31.0 Å². The zero-order chi connectivity index (χ0) is 15.3. The first-order valence-electron chi connectivity index (χ1n) is 4.96. The lowest BCUT2D eigenvalue weighted by Crippen LogP contribution is -2.02. The summed E-state index contributed by atoms with van der Waals surface area (Å²) in [4.78, 5) is -1.76. The van der Waals surface area contributed by atoms with E-state index in [2.05, 4.69) is 0 Å². The highest BCUT2D eigenvalue weighted by Gasteiger charge is 2.25. The molecule has 20 heavy (non-hydrogen) atoms. The highest BCUT2D eigenvalue weighted by molar-refractivity contribution is 7.86. The average molecular weight is 320 g/mol. The number of benzene rings is 2. The van der Waals surface area contributed by atoms with Gasteiger partial charge in [-0.25, -0.2) is 0 Å². The van der Waals surface area contributed by atoms with Gasteiger partial charge in [0.25, 0.3) is 10.1 Å². The van der Waals surface area contributed by atoms with Gasteiger partial charge in [-0.2, -0.15) is 16.8 Å². The molecule has 0 amide bonds. The molecule has 0 radical (unpaired) electrons. The van der Waals surface area contributed by atoms with Crippen molar-refractivity contribution in [2.45, 2.75) is 9.79 Å². The smallest absolute Gasteiger partial charge is 0.301 e. The Morgan fingerprint density at radius 3 is 1.95 bits per heavy atom. The SMILES string of the molecule is O=S(=O)(O)c1c(O)cc2c(S(=O)(=O)O)cccc2c1O.